The lowest BCUT2D eigenvalue weighted by Crippen LogP contribution is -2.50. The molecule has 2 N–H and O–H groups in total. The van der Waals surface area contributed by atoms with Crippen LogP contribution in [0.4, 0.5) is 9.59 Å². The lowest BCUT2D eigenvalue weighted by Gasteiger charge is -2.46. The number of carbonyl (C=O) groups is 2. The highest BCUT2D eigenvalue weighted by molar-refractivity contribution is 5.68. The average molecular weight is 603 g/mol. The largest absolute Gasteiger partial charge is 0.448 e. The third kappa shape index (κ3) is 19.5. The van der Waals surface area contributed by atoms with Gasteiger partial charge in [0.2, 0.25) is 0 Å². The molecule has 12 heteroatoms. The van der Waals surface area contributed by atoms with Crippen LogP contribution in [0.1, 0.15) is 40.0 Å². The number of rotatable bonds is 21. The van der Waals surface area contributed by atoms with Crippen molar-refractivity contribution in [3.63, 3.8) is 0 Å². The number of carbonyl (C=O) groups excluding carboxylic acids is 2. The van der Waals surface area contributed by atoms with E-state index in [0.29, 0.717) is 59.3 Å². The smallest absolute Gasteiger partial charge is 0.407 e. The minimum absolute atomic E-state index is 0.0145. The van der Waals surface area contributed by atoms with Crippen molar-refractivity contribution in [3.05, 3.63) is 0 Å². The van der Waals surface area contributed by atoms with Crippen molar-refractivity contribution in [3.8, 4) is 0 Å². The van der Waals surface area contributed by atoms with E-state index < -0.39 is 12.2 Å². The number of likely N-dealkylation sites (N-methyl/N-ethyl adjacent to an activating group) is 4. The van der Waals surface area contributed by atoms with Crippen molar-refractivity contribution in [1.29, 1.82) is 0 Å². The van der Waals surface area contributed by atoms with Crippen LogP contribution >= 0.6 is 0 Å². The molecule has 1 saturated carbocycles. The Kier molecular flexibility index (Phi) is 18.5. The van der Waals surface area contributed by atoms with Crippen LogP contribution in [0.15, 0.2) is 0 Å². The van der Waals surface area contributed by atoms with Crippen LogP contribution in [0.25, 0.3) is 0 Å². The maximum Gasteiger partial charge on any atom is 0.407 e. The summed E-state index contributed by atoms with van der Waals surface area (Å²) in [5, 5.41) is 6.02. The van der Waals surface area contributed by atoms with E-state index in [-0.39, 0.29) is 16.9 Å². The van der Waals surface area contributed by atoms with E-state index in [2.05, 4.69) is 51.0 Å². The van der Waals surface area contributed by atoms with Crippen molar-refractivity contribution in [2.45, 2.75) is 46.1 Å². The van der Waals surface area contributed by atoms with Gasteiger partial charge in [0, 0.05) is 51.9 Å². The molecule has 1 fully saturated rings. The molecule has 0 spiro atoms. The number of alkyl carbamates (subject to hydrolysis) is 2. The van der Waals surface area contributed by atoms with Gasteiger partial charge in [-0.1, -0.05) is 20.8 Å². The van der Waals surface area contributed by atoms with E-state index in [9.17, 15) is 9.59 Å². The SMILES string of the molecule is CN(C)CCOCCN(C)CCOC(=O)NCC1(C)CC(NC(=O)OCCN(C)CCOCCN(C)C)CC(C)(C)C1. The van der Waals surface area contributed by atoms with Gasteiger partial charge in [-0.05, 0) is 72.4 Å². The van der Waals surface area contributed by atoms with Gasteiger partial charge in [-0.15, -0.1) is 0 Å². The van der Waals surface area contributed by atoms with E-state index in [4.69, 9.17) is 18.9 Å². The van der Waals surface area contributed by atoms with Crippen molar-refractivity contribution in [1.82, 2.24) is 30.2 Å². The molecule has 0 radical (unpaired) electrons. The molecule has 0 aromatic carbocycles. The molecule has 2 atom stereocenters. The maximum atomic E-state index is 12.6. The van der Waals surface area contributed by atoms with Gasteiger partial charge in [-0.2, -0.15) is 0 Å². The van der Waals surface area contributed by atoms with Gasteiger partial charge in [0.15, 0.2) is 0 Å². The van der Waals surface area contributed by atoms with E-state index in [1.54, 1.807) is 0 Å². The Labute approximate surface area is 255 Å². The molecule has 0 heterocycles. The van der Waals surface area contributed by atoms with Gasteiger partial charge >= 0.3 is 12.2 Å². The van der Waals surface area contributed by atoms with Crippen LogP contribution in [0.3, 0.4) is 0 Å². The minimum atomic E-state index is -0.411. The van der Waals surface area contributed by atoms with Crippen LogP contribution in [0.5, 0.6) is 0 Å². The lowest BCUT2D eigenvalue weighted by molar-refractivity contribution is 0.0589. The third-order valence-electron chi connectivity index (χ3n) is 7.44. The third-order valence-corrected chi connectivity index (χ3v) is 7.44. The molecule has 0 aromatic rings. The van der Waals surface area contributed by atoms with Crippen molar-refractivity contribution >= 4 is 12.2 Å². The number of ether oxygens (including phenoxy) is 4. The van der Waals surface area contributed by atoms with Crippen molar-refractivity contribution in [2.75, 3.05) is 128 Å². The fourth-order valence-corrected chi connectivity index (χ4v) is 5.37. The second-order valence-electron chi connectivity index (χ2n) is 13.5. The molecule has 0 aliphatic heterocycles. The molecule has 42 heavy (non-hydrogen) atoms. The summed E-state index contributed by atoms with van der Waals surface area (Å²) >= 11 is 0. The highest BCUT2D eigenvalue weighted by atomic mass is 16.6. The van der Waals surface area contributed by atoms with Crippen LogP contribution in [0, 0.1) is 10.8 Å². The second-order valence-corrected chi connectivity index (χ2v) is 13.5. The van der Waals surface area contributed by atoms with Gasteiger partial charge < -0.3 is 49.2 Å². The summed E-state index contributed by atoms with van der Waals surface area (Å²) in [4.78, 5) is 33.3. The summed E-state index contributed by atoms with van der Waals surface area (Å²) in [7, 11) is 12.1. The molecule has 1 aliphatic carbocycles. The maximum absolute atomic E-state index is 12.6. The molecule has 1 rings (SSSR count). The molecule has 248 valence electrons. The zero-order chi connectivity index (χ0) is 31.6. The molecule has 1 aliphatic rings. The van der Waals surface area contributed by atoms with Gasteiger partial charge in [-0.25, -0.2) is 9.59 Å². The van der Waals surface area contributed by atoms with E-state index in [1.165, 1.54) is 0 Å². The summed E-state index contributed by atoms with van der Waals surface area (Å²) in [5.74, 6) is 0. The van der Waals surface area contributed by atoms with Crippen LogP contribution < -0.4 is 10.6 Å². The molecule has 0 bridgehead atoms. The van der Waals surface area contributed by atoms with E-state index in [0.717, 1.165) is 45.4 Å². The summed E-state index contributed by atoms with van der Waals surface area (Å²) in [5.41, 5.74) is -0.160. The predicted octanol–water partition coefficient (Wildman–Crippen LogP) is 2.04. The molecule has 2 unspecified atom stereocenters. The molecule has 0 saturated heterocycles. The first-order valence-electron chi connectivity index (χ1n) is 15.4. The Morgan fingerprint density at radius 1 is 0.667 bits per heavy atom. The Morgan fingerprint density at radius 2 is 1.12 bits per heavy atom. The normalized spacial score (nSPS) is 20.4. The van der Waals surface area contributed by atoms with E-state index in [1.807, 2.05) is 42.3 Å². The predicted molar refractivity (Wildman–Crippen MR) is 167 cm³/mol. The first-order valence-corrected chi connectivity index (χ1v) is 15.4. The second kappa shape index (κ2) is 20.3. The van der Waals surface area contributed by atoms with Gasteiger partial charge in [0.1, 0.15) is 13.2 Å². The standard InChI is InChI=1S/C30H62N6O6/c1-29(2)22-26(32-28(38)42-21-15-36(9)13-19-40-17-11-34(6)7)23-30(3,24-29)25-31-27(37)41-20-14-35(8)12-18-39-16-10-33(4)5/h26H,10-25H2,1-9H3,(H,31,37)(H,32,38). The molecular formula is C30H62N6O6. The zero-order valence-electron chi connectivity index (χ0n) is 28.1. The first-order chi connectivity index (χ1) is 19.7. The quantitative estimate of drug-likeness (QED) is 0.190. The fraction of sp³-hybridized carbons (Fsp3) is 0.933. The zero-order valence-corrected chi connectivity index (χ0v) is 28.1. The lowest BCUT2D eigenvalue weighted by atomic mass is 9.62. The van der Waals surface area contributed by atoms with Gasteiger partial charge in [-0.3, -0.25) is 0 Å². The molecule has 2 amide bonds. The summed E-state index contributed by atoms with van der Waals surface area (Å²) in [6.07, 6.45) is 1.75. The Balaban J connectivity index is 2.31. The summed E-state index contributed by atoms with van der Waals surface area (Å²) in [6, 6.07) is -0.0273. The van der Waals surface area contributed by atoms with Crippen molar-refractivity contribution < 1.29 is 28.5 Å². The topological polar surface area (TPSA) is 108 Å². The fourth-order valence-electron chi connectivity index (χ4n) is 5.37. The highest BCUT2D eigenvalue weighted by Gasteiger charge is 2.42. The minimum Gasteiger partial charge on any atom is -0.448 e. The highest BCUT2D eigenvalue weighted by Crippen LogP contribution is 2.45. The average Bonchev–Trinajstić information content (AvgIpc) is 2.85. The monoisotopic (exact) mass is 602 g/mol. The summed E-state index contributed by atoms with van der Waals surface area (Å²) < 4.78 is 22.1. The van der Waals surface area contributed by atoms with Crippen LogP contribution in [-0.2, 0) is 18.9 Å². The van der Waals surface area contributed by atoms with Crippen LogP contribution in [-0.4, -0.2) is 166 Å². The number of hydrogen-bond acceptors (Lipinski definition) is 10. The molecule has 0 aromatic heterocycles. The first kappa shape index (κ1) is 38.3. The Hall–Kier alpha value is -1.70. The number of nitrogens with zero attached hydrogens (tertiary/aromatic N) is 4. The molecule has 12 nitrogen and oxygen atoms in total. The number of amides is 2. The van der Waals surface area contributed by atoms with E-state index >= 15 is 0 Å². The Bertz CT molecular complexity index is 756. The van der Waals surface area contributed by atoms with Gasteiger partial charge in [0.05, 0.1) is 26.4 Å². The van der Waals surface area contributed by atoms with Crippen LogP contribution in [0.2, 0.25) is 0 Å². The van der Waals surface area contributed by atoms with Crippen molar-refractivity contribution in [2.24, 2.45) is 10.8 Å². The number of nitrogens with one attached hydrogen (secondary N) is 2. The molecular weight excluding hydrogens is 540 g/mol. The summed E-state index contributed by atoms with van der Waals surface area (Å²) in [6.45, 7) is 15.1. The van der Waals surface area contributed by atoms with Gasteiger partial charge in [0.25, 0.3) is 0 Å². The Morgan fingerprint density at radius 3 is 1.62 bits per heavy atom. The number of hydrogen-bond donors (Lipinski definition) is 2.